The second-order valence-electron chi connectivity index (χ2n) is 8.29. The minimum Gasteiger partial charge on any atom is -0.487 e. The van der Waals surface area contributed by atoms with Crippen LogP contribution in [0.25, 0.3) is 0 Å². The normalized spacial score (nSPS) is 20.6. The SMILES string of the molecule is O=C(O)[C@]1(Cc2cccc(Nc3cc[nH]n3)n2)CC[C@@H](Oc2cccc(C(F)(F)F)c2F)CC1. The number of halogens is 4. The van der Waals surface area contributed by atoms with Gasteiger partial charge in [-0.2, -0.15) is 18.3 Å². The Labute approximate surface area is 192 Å². The highest BCUT2D eigenvalue weighted by Gasteiger charge is 2.43. The highest BCUT2D eigenvalue weighted by Crippen LogP contribution is 2.42. The molecular formula is C23H22F4N4O3. The van der Waals surface area contributed by atoms with E-state index in [1.54, 1.807) is 30.5 Å². The second-order valence-corrected chi connectivity index (χ2v) is 8.29. The lowest BCUT2D eigenvalue weighted by Gasteiger charge is -2.36. The number of anilines is 2. The molecule has 2 heterocycles. The average Bonchev–Trinajstić information content (AvgIpc) is 3.29. The van der Waals surface area contributed by atoms with Crippen LogP contribution in [0.4, 0.5) is 29.2 Å². The summed E-state index contributed by atoms with van der Waals surface area (Å²) >= 11 is 0. The average molecular weight is 478 g/mol. The number of hydrogen-bond donors (Lipinski definition) is 3. The molecule has 0 bridgehead atoms. The number of aromatic nitrogens is 3. The summed E-state index contributed by atoms with van der Waals surface area (Å²) in [5.74, 6) is -1.85. The molecule has 3 aromatic rings. The Hall–Kier alpha value is -3.63. The molecule has 11 heteroatoms. The standard InChI is InChI=1S/C23H22F4N4O3/c24-20-16(23(25,26)27)4-2-5-17(20)34-15-7-10-22(11-8-15,21(32)33)13-14-3-1-6-18(29-14)30-19-9-12-28-31-19/h1-6,9,12,15H,7-8,10-11,13H2,(H,32,33)(H2,28,29,30,31)/t15-,22-. The summed E-state index contributed by atoms with van der Waals surface area (Å²) in [6.45, 7) is 0. The zero-order valence-electron chi connectivity index (χ0n) is 17.9. The van der Waals surface area contributed by atoms with Crippen molar-refractivity contribution in [1.29, 1.82) is 0 Å². The van der Waals surface area contributed by atoms with Gasteiger partial charge in [0, 0.05) is 24.4 Å². The first kappa shape index (κ1) is 23.5. The number of rotatable bonds is 7. The summed E-state index contributed by atoms with van der Waals surface area (Å²) in [6.07, 6.45) is -2.66. The van der Waals surface area contributed by atoms with Gasteiger partial charge in [-0.25, -0.2) is 9.37 Å². The van der Waals surface area contributed by atoms with E-state index in [2.05, 4.69) is 20.5 Å². The van der Waals surface area contributed by atoms with Crippen LogP contribution in [-0.2, 0) is 17.4 Å². The summed E-state index contributed by atoms with van der Waals surface area (Å²) in [6, 6.07) is 9.84. The van der Waals surface area contributed by atoms with E-state index in [0.29, 0.717) is 23.4 Å². The first-order valence-electron chi connectivity index (χ1n) is 10.6. The first-order chi connectivity index (χ1) is 16.2. The number of carboxylic acid groups (broad SMARTS) is 1. The number of H-pyrrole nitrogens is 1. The second kappa shape index (κ2) is 9.32. The number of hydrogen-bond acceptors (Lipinski definition) is 5. The smallest absolute Gasteiger partial charge is 0.419 e. The van der Waals surface area contributed by atoms with Crippen LogP contribution < -0.4 is 10.1 Å². The van der Waals surface area contributed by atoms with Crippen LogP contribution in [0.3, 0.4) is 0 Å². The third-order valence-electron chi connectivity index (χ3n) is 5.99. The van der Waals surface area contributed by atoms with Crippen molar-refractivity contribution in [2.24, 2.45) is 5.41 Å². The molecule has 4 rings (SSSR count). The Morgan fingerprint density at radius 3 is 2.53 bits per heavy atom. The zero-order valence-corrected chi connectivity index (χ0v) is 17.9. The van der Waals surface area contributed by atoms with E-state index < -0.39 is 40.8 Å². The van der Waals surface area contributed by atoms with Crippen molar-refractivity contribution in [3.05, 3.63) is 65.7 Å². The van der Waals surface area contributed by atoms with E-state index >= 15 is 0 Å². The van der Waals surface area contributed by atoms with Gasteiger partial charge < -0.3 is 15.2 Å². The van der Waals surface area contributed by atoms with Gasteiger partial charge in [0.25, 0.3) is 0 Å². The monoisotopic (exact) mass is 478 g/mol. The Morgan fingerprint density at radius 1 is 1.15 bits per heavy atom. The number of carbonyl (C=O) groups is 1. The van der Waals surface area contributed by atoms with E-state index in [9.17, 15) is 27.5 Å². The highest BCUT2D eigenvalue weighted by molar-refractivity contribution is 5.75. The van der Waals surface area contributed by atoms with Gasteiger partial charge in [0.15, 0.2) is 17.4 Å². The molecule has 0 amide bonds. The van der Waals surface area contributed by atoms with Crippen molar-refractivity contribution in [3.63, 3.8) is 0 Å². The Morgan fingerprint density at radius 2 is 1.88 bits per heavy atom. The minimum absolute atomic E-state index is 0.170. The Kier molecular flexibility index (Phi) is 6.45. The van der Waals surface area contributed by atoms with Gasteiger partial charge in [-0.15, -0.1) is 0 Å². The quantitative estimate of drug-likeness (QED) is 0.397. The molecule has 0 aliphatic heterocycles. The number of benzene rings is 1. The van der Waals surface area contributed by atoms with Crippen molar-refractivity contribution in [2.75, 3.05) is 5.32 Å². The van der Waals surface area contributed by atoms with Gasteiger partial charge in [0.1, 0.15) is 5.82 Å². The molecule has 0 saturated heterocycles. The van der Waals surface area contributed by atoms with Gasteiger partial charge in [-0.1, -0.05) is 12.1 Å². The molecule has 0 atom stereocenters. The number of nitrogens with one attached hydrogen (secondary N) is 2. The number of aliphatic carboxylic acids is 1. The molecule has 0 spiro atoms. The summed E-state index contributed by atoms with van der Waals surface area (Å²) in [4.78, 5) is 16.7. The molecule has 3 N–H and O–H groups in total. The lowest BCUT2D eigenvalue weighted by molar-refractivity contribution is -0.152. The van der Waals surface area contributed by atoms with Crippen LogP contribution in [0.2, 0.25) is 0 Å². The van der Waals surface area contributed by atoms with E-state index in [1.807, 2.05) is 0 Å². The first-order valence-corrected chi connectivity index (χ1v) is 10.6. The van der Waals surface area contributed by atoms with Crippen molar-refractivity contribution in [1.82, 2.24) is 15.2 Å². The lowest BCUT2D eigenvalue weighted by atomic mass is 9.70. The fourth-order valence-corrected chi connectivity index (χ4v) is 4.18. The molecule has 1 aromatic carbocycles. The molecular weight excluding hydrogens is 456 g/mol. The van der Waals surface area contributed by atoms with E-state index in [1.165, 1.54) is 0 Å². The molecule has 2 aromatic heterocycles. The van der Waals surface area contributed by atoms with Crippen molar-refractivity contribution in [2.45, 2.75) is 44.4 Å². The van der Waals surface area contributed by atoms with Gasteiger partial charge in [0.2, 0.25) is 0 Å². The van der Waals surface area contributed by atoms with Crippen LogP contribution in [0.1, 0.15) is 36.9 Å². The van der Waals surface area contributed by atoms with Gasteiger partial charge in [-0.05, 0) is 49.9 Å². The predicted molar refractivity (Wildman–Crippen MR) is 114 cm³/mol. The van der Waals surface area contributed by atoms with E-state index in [4.69, 9.17) is 4.74 Å². The van der Waals surface area contributed by atoms with Crippen LogP contribution in [-0.4, -0.2) is 32.4 Å². The predicted octanol–water partition coefficient (Wildman–Crippen LogP) is 5.34. The van der Waals surface area contributed by atoms with Crippen LogP contribution >= 0.6 is 0 Å². The zero-order chi connectivity index (χ0) is 24.3. The third-order valence-corrected chi connectivity index (χ3v) is 5.99. The number of pyridine rings is 1. The molecule has 34 heavy (non-hydrogen) atoms. The molecule has 0 unspecified atom stereocenters. The fraction of sp³-hybridized carbons (Fsp3) is 0.348. The highest BCUT2D eigenvalue weighted by atomic mass is 19.4. The Bertz CT molecular complexity index is 1140. The van der Waals surface area contributed by atoms with Crippen molar-refractivity contribution < 1.29 is 32.2 Å². The molecule has 1 aliphatic rings. The molecule has 0 radical (unpaired) electrons. The maximum absolute atomic E-state index is 14.3. The topological polar surface area (TPSA) is 100 Å². The van der Waals surface area contributed by atoms with E-state index in [0.717, 1.165) is 12.1 Å². The molecule has 1 saturated carbocycles. The van der Waals surface area contributed by atoms with Gasteiger partial charge >= 0.3 is 12.1 Å². The Balaban J connectivity index is 1.44. The number of ether oxygens (including phenoxy) is 1. The van der Waals surface area contributed by atoms with Crippen LogP contribution in [0.5, 0.6) is 5.75 Å². The third kappa shape index (κ3) is 5.13. The summed E-state index contributed by atoms with van der Waals surface area (Å²) in [5, 5.41) is 19.7. The molecule has 180 valence electrons. The summed E-state index contributed by atoms with van der Waals surface area (Å²) in [7, 11) is 0. The number of alkyl halides is 3. The lowest BCUT2D eigenvalue weighted by Crippen LogP contribution is -2.40. The fourth-order valence-electron chi connectivity index (χ4n) is 4.18. The van der Waals surface area contributed by atoms with Gasteiger partial charge in [-0.3, -0.25) is 9.89 Å². The van der Waals surface area contributed by atoms with Gasteiger partial charge in [0.05, 0.1) is 17.1 Å². The number of aromatic amines is 1. The largest absolute Gasteiger partial charge is 0.487 e. The van der Waals surface area contributed by atoms with Crippen LogP contribution in [0.15, 0.2) is 48.7 Å². The molecule has 1 aliphatic carbocycles. The maximum atomic E-state index is 14.3. The maximum Gasteiger partial charge on any atom is 0.419 e. The number of carboxylic acids is 1. The summed E-state index contributed by atoms with van der Waals surface area (Å²) < 4.78 is 58.7. The minimum atomic E-state index is -4.83. The van der Waals surface area contributed by atoms with E-state index in [-0.39, 0.29) is 32.1 Å². The molecule has 1 fully saturated rings. The van der Waals surface area contributed by atoms with Crippen molar-refractivity contribution >= 4 is 17.6 Å². The van der Waals surface area contributed by atoms with Crippen molar-refractivity contribution in [3.8, 4) is 5.75 Å². The molecule has 7 nitrogen and oxygen atoms in total. The van der Waals surface area contributed by atoms with Crippen LogP contribution in [0, 0.1) is 11.2 Å². The number of nitrogens with zero attached hydrogens (tertiary/aromatic N) is 2. The summed E-state index contributed by atoms with van der Waals surface area (Å²) in [5.41, 5.74) is -1.93.